The van der Waals surface area contributed by atoms with Gasteiger partial charge in [0, 0.05) is 11.8 Å². The molecule has 1 aromatic heterocycles. The van der Waals surface area contributed by atoms with E-state index in [0.29, 0.717) is 28.2 Å². The minimum atomic E-state index is -0.407. The molecule has 0 spiro atoms. The number of ether oxygens (including phenoxy) is 2. The lowest BCUT2D eigenvalue weighted by atomic mass is 10.1. The lowest BCUT2D eigenvalue weighted by Gasteiger charge is -2.10. The van der Waals surface area contributed by atoms with E-state index >= 15 is 0 Å². The Hall–Kier alpha value is -4.13. The molecule has 0 radical (unpaired) electrons. The van der Waals surface area contributed by atoms with E-state index in [2.05, 4.69) is 5.32 Å². The first kappa shape index (κ1) is 21.1. The standard InChI is InChI=1S/C25H20FNO5/c1-15-3-4-16(2)21(11-15)32-23-13-31-22-12-19(9-10-20(22)25(23)29)30-14-24(28)27-18-7-5-17(26)6-8-18/h3-13H,14H2,1-2H3,(H,27,28). The molecule has 0 fully saturated rings. The van der Waals surface area contributed by atoms with Crippen LogP contribution in [-0.4, -0.2) is 12.5 Å². The minimum Gasteiger partial charge on any atom is -0.484 e. The van der Waals surface area contributed by atoms with Crippen molar-refractivity contribution in [3.63, 3.8) is 0 Å². The molecule has 32 heavy (non-hydrogen) atoms. The van der Waals surface area contributed by atoms with Gasteiger partial charge in [-0.1, -0.05) is 12.1 Å². The molecule has 7 heteroatoms. The molecule has 0 aliphatic carbocycles. The number of fused-ring (bicyclic) bond motifs is 1. The summed E-state index contributed by atoms with van der Waals surface area (Å²) in [6.45, 7) is 3.57. The Balaban J connectivity index is 1.47. The van der Waals surface area contributed by atoms with Crippen molar-refractivity contribution in [3.05, 3.63) is 94.1 Å². The Bertz CT molecular complexity index is 1350. The highest BCUT2D eigenvalue weighted by Crippen LogP contribution is 2.27. The number of carbonyl (C=O) groups excluding carboxylic acids is 1. The molecule has 0 bridgehead atoms. The zero-order chi connectivity index (χ0) is 22.7. The molecule has 4 aromatic rings. The largest absolute Gasteiger partial charge is 0.484 e. The van der Waals surface area contributed by atoms with Crippen LogP contribution in [0.3, 0.4) is 0 Å². The van der Waals surface area contributed by atoms with E-state index in [1.807, 2.05) is 32.0 Å². The van der Waals surface area contributed by atoms with Gasteiger partial charge in [-0.2, -0.15) is 0 Å². The van der Waals surface area contributed by atoms with E-state index in [0.717, 1.165) is 11.1 Å². The molecular weight excluding hydrogens is 413 g/mol. The van der Waals surface area contributed by atoms with Gasteiger partial charge in [0.05, 0.1) is 5.39 Å². The van der Waals surface area contributed by atoms with Crippen molar-refractivity contribution < 1.29 is 23.1 Å². The average Bonchev–Trinajstić information content (AvgIpc) is 2.78. The van der Waals surface area contributed by atoms with E-state index < -0.39 is 5.91 Å². The molecule has 0 atom stereocenters. The summed E-state index contributed by atoms with van der Waals surface area (Å²) in [6, 6.07) is 15.8. The van der Waals surface area contributed by atoms with Crippen LogP contribution in [0, 0.1) is 19.7 Å². The van der Waals surface area contributed by atoms with Crippen molar-refractivity contribution in [2.75, 3.05) is 11.9 Å². The zero-order valence-corrected chi connectivity index (χ0v) is 17.5. The number of hydrogen-bond donors (Lipinski definition) is 1. The van der Waals surface area contributed by atoms with Crippen molar-refractivity contribution in [1.29, 1.82) is 0 Å². The maximum Gasteiger partial charge on any atom is 0.262 e. The van der Waals surface area contributed by atoms with Gasteiger partial charge in [0.2, 0.25) is 11.2 Å². The number of halogens is 1. The minimum absolute atomic E-state index is 0.0820. The van der Waals surface area contributed by atoms with E-state index in [4.69, 9.17) is 13.9 Å². The van der Waals surface area contributed by atoms with Crippen molar-refractivity contribution in [2.24, 2.45) is 0 Å². The Labute approximate surface area is 183 Å². The SMILES string of the molecule is Cc1ccc(C)c(Oc2coc3cc(OCC(=O)Nc4ccc(F)cc4)ccc3c2=O)c1. The normalized spacial score (nSPS) is 10.7. The van der Waals surface area contributed by atoms with Gasteiger partial charge < -0.3 is 19.2 Å². The summed E-state index contributed by atoms with van der Waals surface area (Å²) in [5.74, 6) is 0.232. The van der Waals surface area contributed by atoms with Gasteiger partial charge in [0.1, 0.15) is 29.2 Å². The smallest absolute Gasteiger partial charge is 0.262 e. The summed E-state index contributed by atoms with van der Waals surface area (Å²) < 4.78 is 29.8. The number of carbonyl (C=O) groups is 1. The highest BCUT2D eigenvalue weighted by Gasteiger charge is 2.12. The Morgan fingerprint density at radius 1 is 1.00 bits per heavy atom. The van der Waals surface area contributed by atoms with E-state index in [1.165, 1.54) is 36.6 Å². The highest BCUT2D eigenvalue weighted by molar-refractivity contribution is 5.91. The van der Waals surface area contributed by atoms with E-state index in [-0.39, 0.29) is 23.6 Å². The number of amides is 1. The van der Waals surface area contributed by atoms with Gasteiger partial charge in [0.25, 0.3) is 5.91 Å². The van der Waals surface area contributed by atoms with Gasteiger partial charge in [-0.05, 0) is 67.4 Å². The first-order valence-electron chi connectivity index (χ1n) is 9.88. The predicted molar refractivity (Wildman–Crippen MR) is 119 cm³/mol. The van der Waals surface area contributed by atoms with Crippen molar-refractivity contribution in [2.45, 2.75) is 13.8 Å². The summed E-state index contributed by atoms with van der Waals surface area (Å²) in [7, 11) is 0. The summed E-state index contributed by atoms with van der Waals surface area (Å²) in [4.78, 5) is 24.9. The maximum absolute atomic E-state index is 12.9. The molecule has 162 valence electrons. The lowest BCUT2D eigenvalue weighted by molar-refractivity contribution is -0.118. The maximum atomic E-state index is 12.9. The van der Waals surface area contributed by atoms with Crippen molar-refractivity contribution >= 4 is 22.6 Å². The van der Waals surface area contributed by atoms with Crippen LogP contribution >= 0.6 is 0 Å². The molecule has 1 heterocycles. The fourth-order valence-corrected chi connectivity index (χ4v) is 3.07. The van der Waals surface area contributed by atoms with Crippen molar-refractivity contribution in [3.8, 4) is 17.2 Å². The van der Waals surface area contributed by atoms with Crippen LogP contribution in [0.15, 0.2) is 76.1 Å². The fourth-order valence-electron chi connectivity index (χ4n) is 3.07. The van der Waals surface area contributed by atoms with Crippen LogP contribution < -0.4 is 20.2 Å². The topological polar surface area (TPSA) is 77.8 Å². The molecule has 0 unspecified atom stereocenters. The summed E-state index contributed by atoms with van der Waals surface area (Å²) >= 11 is 0. The molecule has 0 saturated heterocycles. The number of aryl methyl sites for hydroxylation is 2. The lowest BCUT2D eigenvalue weighted by Crippen LogP contribution is -2.20. The number of rotatable bonds is 6. The molecular formula is C25H20FNO5. The molecule has 0 aliphatic rings. The monoisotopic (exact) mass is 433 g/mol. The Morgan fingerprint density at radius 3 is 2.56 bits per heavy atom. The summed E-state index contributed by atoms with van der Waals surface area (Å²) in [5, 5.41) is 2.93. The summed E-state index contributed by atoms with van der Waals surface area (Å²) in [5.41, 5.74) is 2.37. The Kier molecular flexibility index (Phi) is 5.89. The van der Waals surface area contributed by atoms with Crippen LogP contribution in [0.4, 0.5) is 10.1 Å². The van der Waals surface area contributed by atoms with Crippen LogP contribution in [0.2, 0.25) is 0 Å². The van der Waals surface area contributed by atoms with Gasteiger partial charge >= 0.3 is 0 Å². The molecule has 1 amide bonds. The van der Waals surface area contributed by atoms with Crippen LogP contribution in [-0.2, 0) is 4.79 Å². The fraction of sp³-hybridized carbons (Fsp3) is 0.120. The summed E-state index contributed by atoms with van der Waals surface area (Å²) in [6.07, 6.45) is 1.26. The van der Waals surface area contributed by atoms with Gasteiger partial charge in [-0.15, -0.1) is 0 Å². The molecule has 0 saturated carbocycles. The van der Waals surface area contributed by atoms with Crippen LogP contribution in [0.25, 0.3) is 11.0 Å². The number of nitrogens with one attached hydrogen (secondary N) is 1. The third-order valence-corrected chi connectivity index (χ3v) is 4.78. The number of hydrogen-bond acceptors (Lipinski definition) is 5. The quantitative estimate of drug-likeness (QED) is 0.443. The third kappa shape index (κ3) is 4.78. The van der Waals surface area contributed by atoms with E-state index in [1.54, 1.807) is 12.1 Å². The second-order valence-electron chi connectivity index (χ2n) is 7.30. The van der Waals surface area contributed by atoms with Crippen molar-refractivity contribution in [1.82, 2.24) is 0 Å². The average molecular weight is 433 g/mol. The van der Waals surface area contributed by atoms with Crippen LogP contribution in [0.5, 0.6) is 17.2 Å². The number of anilines is 1. The highest BCUT2D eigenvalue weighted by atomic mass is 19.1. The first-order valence-corrected chi connectivity index (χ1v) is 9.88. The molecule has 0 aliphatic heterocycles. The predicted octanol–water partition coefficient (Wildman–Crippen LogP) is 5.36. The second kappa shape index (κ2) is 8.93. The Morgan fingerprint density at radius 2 is 1.78 bits per heavy atom. The first-order chi connectivity index (χ1) is 15.4. The van der Waals surface area contributed by atoms with Gasteiger partial charge in [-0.3, -0.25) is 9.59 Å². The zero-order valence-electron chi connectivity index (χ0n) is 17.5. The van der Waals surface area contributed by atoms with E-state index in [9.17, 15) is 14.0 Å². The second-order valence-corrected chi connectivity index (χ2v) is 7.30. The molecule has 3 aromatic carbocycles. The van der Waals surface area contributed by atoms with Gasteiger partial charge in [-0.25, -0.2) is 4.39 Å². The molecule has 4 rings (SSSR count). The third-order valence-electron chi connectivity index (χ3n) is 4.78. The molecule has 1 N–H and O–H groups in total. The number of benzene rings is 3. The van der Waals surface area contributed by atoms with Crippen LogP contribution in [0.1, 0.15) is 11.1 Å². The van der Waals surface area contributed by atoms with Gasteiger partial charge in [0.15, 0.2) is 6.61 Å². The molecule has 6 nitrogen and oxygen atoms in total.